The summed E-state index contributed by atoms with van der Waals surface area (Å²) in [5, 5.41) is 5.47. The summed E-state index contributed by atoms with van der Waals surface area (Å²) in [6.45, 7) is 0. The van der Waals surface area contributed by atoms with Gasteiger partial charge in [0.25, 0.3) is 15.9 Å². The third-order valence-electron chi connectivity index (χ3n) is 5.36. The van der Waals surface area contributed by atoms with Crippen LogP contribution in [-0.4, -0.2) is 34.5 Å². The molecule has 1 aliphatic heterocycles. The van der Waals surface area contributed by atoms with Crippen LogP contribution in [0, 0.1) is 0 Å². The minimum Gasteiger partial charge on any atom is -0.497 e. The summed E-state index contributed by atoms with van der Waals surface area (Å²) in [6, 6.07) is 15.7. The molecule has 3 N–H and O–H groups in total. The summed E-state index contributed by atoms with van der Waals surface area (Å²) >= 11 is 0. The van der Waals surface area contributed by atoms with Gasteiger partial charge in [0.1, 0.15) is 11.5 Å². The van der Waals surface area contributed by atoms with Gasteiger partial charge in [0, 0.05) is 18.2 Å². The van der Waals surface area contributed by atoms with Gasteiger partial charge < -0.3 is 20.1 Å². The number of carbonyl (C=O) groups excluding carboxylic acids is 2. The molecule has 0 spiro atoms. The molecule has 0 unspecified atom stereocenters. The van der Waals surface area contributed by atoms with Crippen molar-refractivity contribution in [2.24, 2.45) is 0 Å². The standard InChI is InChI=1S/C24H23N3O6S/c1-32-16-8-10-21(22(14-16)33-2)26-24(29)18-5-3-4-6-20(18)27-34(30,31)17-9-11-19-15(13-17)7-12-23(28)25-19/h3-6,8-11,13-14,27H,7,12H2,1-2H3,(H,25,28)(H,26,29). The van der Waals surface area contributed by atoms with E-state index in [0.29, 0.717) is 35.7 Å². The lowest BCUT2D eigenvalue weighted by Crippen LogP contribution is -2.21. The van der Waals surface area contributed by atoms with Crippen molar-refractivity contribution in [1.82, 2.24) is 0 Å². The largest absolute Gasteiger partial charge is 0.497 e. The van der Waals surface area contributed by atoms with Crippen LogP contribution < -0.4 is 24.8 Å². The van der Waals surface area contributed by atoms with Crippen molar-refractivity contribution in [3.8, 4) is 11.5 Å². The zero-order valence-corrected chi connectivity index (χ0v) is 19.4. The third kappa shape index (κ3) is 4.81. The molecule has 0 bridgehead atoms. The zero-order chi connectivity index (χ0) is 24.3. The fourth-order valence-electron chi connectivity index (χ4n) is 3.59. The van der Waals surface area contributed by atoms with Crippen LogP contribution in [0.3, 0.4) is 0 Å². The van der Waals surface area contributed by atoms with Crippen LogP contribution in [0.5, 0.6) is 11.5 Å². The Labute approximate surface area is 197 Å². The number of para-hydroxylation sites is 1. The summed E-state index contributed by atoms with van der Waals surface area (Å²) in [6.07, 6.45) is 0.745. The van der Waals surface area contributed by atoms with Gasteiger partial charge in [0.05, 0.1) is 36.1 Å². The molecule has 0 atom stereocenters. The highest BCUT2D eigenvalue weighted by Gasteiger charge is 2.22. The first kappa shape index (κ1) is 23.1. The van der Waals surface area contributed by atoms with Gasteiger partial charge in [0.15, 0.2) is 0 Å². The predicted octanol–water partition coefficient (Wildman–Crippen LogP) is 3.64. The maximum absolute atomic E-state index is 13.1. The van der Waals surface area contributed by atoms with Gasteiger partial charge >= 0.3 is 0 Å². The van der Waals surface area contributed by atoms with E-state index in [2.05, 4.69) is 15.4 Å². The third-order valence-corrected chi connectivity index (χ3v) is 6.72. The molecule has 3 aromatic carbocycles. The van der Waals surface area contributed by atoms with Gasteiger partial charge in [-0.1, -0.05) is 12.1 Å². The van der Waals surface area contributed by atoms with E-state index >= 15 is 0 Å². The van der Waals surface area contributed by atoms with Crippen molar-refractivity contribution in [1.29, 1.82) is 0 Å². The molecule has 2 amide bonds. The van der Waals surface area contributed by atoms with Crippen molar-refractivity contribution in [3.63, 3.8) is 0 Å². The average Bonchev–Trinajstić information content (AvgIpc) is 2.83. The molecule has 0 aliphatic carbocycles. The maximum Gasteiger partial charge on any atom is 0.261 e. The molecule has 1 aliphatic rings. The van der Waals surface area contributed by atoms with E-state index in [1.807, 2.05) is 0 Å². The summed E-state index contributed by atoms with van der Waals surface area (Å²) in [7, 11) is -1.00. The summed E-state index contributed by atoms with van der Waals surface area (Å²) in [5.74, 6) is 0.337. The molecule has 10 heteroatoms. The monoisotopic (exact) mass is 481 g/mol. The van der Waals surface area contributed by atoms with E-state index in [1.54, 1.807) is 36.4 Å². The quantitative estimate of drug-likeness (QED) is 0.474. The molecule has 176 valence electrons. The molecule has 0 fully saturated rings. The van der Waals surface area contributed by atoms with Crippen LogP contribution in [0.1, 0.15) is 22.3 Å². The second kappa shape index (κ2) is 9.44. The Kier molecular flexibility index (Phi) is 6.42. The Morgan fingerprint density at radius 1 is 0.941 bits per heavy atom. The fourth-order valence-corrected chi connectivity index (χ4v) is 4.72. The summed E-state index contributed by atoms with van der Waals surface area (Å²) in [5.41, 5.74) is 2.00. The first-order chi connectivity index (χ1) is 16.3. The zero-order valence-electron chi connectivity index (χ0n) is 18.5. The van der Waals surface area contributed by atoms with Gasteiger partial charge in [-0.3, -0.25) is 14.3 Å². The Hall–Kier alpha value is -4.05. The van der Waals surface area contributed by atoms with Gasteiger partial charge in [-0.2, -0.15) is 0 Å². The second-order valence-corrected chi connectivity index (χ2v) is 9.22. The smallest absolute Gasteiger partial charge is 0.261 e. The van der Waals surface area contributed by atoms with Crippen LogP contribution in [0.2, 0.25) is 0 Å². The number of hydrogen-bond acceptors (Lipinski definition) is 6. The number of carbonyl (C=O) groups is 2. The molecule has 4 rings (SSSR count). The number of nitrogens with one attached hydrogen (secondary N) is 3. The first-order valence-electron chi connectivity index (χ1n) is 10.4. The minimum absolute atomic E-state index is 0.0365. The van der Waals surface area contributed by atoms with Gasteiger partial charge in [-0.05, 0) is 54.4 Å². The number of ether oxygens (including phenoxy) is 2. The Bertz CT molecular complexity index is 1370. The lowest BCUT2D eigenvalue weighted by Gasteiger charge is -2.18. The predicted molar refractivity (Wildman–Crippen MR) is 128 cm³/mol. The highest BCUT2D eigenvalue weighted by molar-refractivity contribution is 7.92. The summed E-state index contributed by atoms with van der Waals surface area (Å²) in [4.78, 5) is 24.6. The van der Waals surface area contributed by atoms with Gasteiger partial charge in [-0.25, -0.2) is 8.42 Å². The number of aryl methyl sites for hydroxylation is 1. The van der Waals surface area contributed by atoms with Gasteiger partial charge in [0.2, 0.25) is 5.91 Å². The highest BCUT2D eigenvalue weighted by atomic mass is 32.2. The number of anilines is 3. The summed E-state index contributed by atoms with van der Waals surface area (Å²) < 4.78 is 39.2. The maximum atomic E-state index is 13.1. The van der Waals surface area contributed by atoms with Crippen molar-refractivity contribution in [2.75, 3.05) is 29.6 Å². The Balaban J connectivity index is 1.59. The molecule has 0 saturated heterocycles. The Morgan fingerprint density at radius 3 is 2.50 bits per heavy atom. The second-order valence-electron chi connectivity index (χ2n) is 7.54. The molecule has 1 heterocycles. The number of fused-ring (bicyclic) bond motifs is 1. The van der Waals surface area contributed by atoms with E-state index in [1.165, 1.54) is 38.5 Å². The molecule has 0 radical (unpaired) electrons. The highest BCUT2D eigenvalue weighted by Crippen LogP contribution is 2.31. The van der Waals surface area contributed by atoms with E-state index < -0.39 is 15.9 Å². The van der Waals surface area contributed by atoms with E-state index in [9.17, 15) is 18.0 Å². The molecule has 34 heavy (non-hydrogen) atoms. The fraction of sp³-hybridized carbons (Fsp3) is 0.167. The molecule has 3 aromatic rings. The Morgan fingerprint density at radius 2 is 1.74 bits per heavy atom. The molecular formula is C24H23N3O6S. The van der Waals surface area contributed by atoms with Crippen LogP contribution in [0.4, 0.5) is 17.1 Å². The normalized spacial score (nSPS) is 12.8. The number of amides is 2. The number of benzene rings is 3. The first-order valence-corrected chi connectivity index (χ1v) is 11.9. The molecule has 9 nitrogen and oxygen atoms in total. The van der Waals surface area contributed by atoms with E-state index in [-0.39, 0.29) is 22.1 Å². The van der Waals surface area contributed by atoms with E-state index in [0.717, 1.165) is 5.56 Å². The van der Waals surface area contributed by atoms with E-state index in [4.69, 9.17) is 9.47 Å². The molecule has 0 saturated carbocycles. The van der Waals surface area contributed by atoms with Gasteiger partial charge in [-0.15, -0.1) is 0 Å². The number of sulfonamides is 1. The number of methoxy groups -OCH3 is 2. The van der Waals surface area contributed by atoms with Crippen LogP contribution in [0.25, 0.3) is 0 Å². The van der Waals surface area contributed by atoms with Crippen molar-refractivity contribution in [2.45, 2.75) is 17.7 Å². The number of hydrogen-bond donors (Lipinski definition) is 3. The van der Waals surface area contributed by atoms with Crippen molar-refractivity contribution in [3.05, 3.63) is 71.8 Å². The van der Waals surface area contributed by atoms with Crippen LogP contribution in [-0.2, 0) is 21.2 Å². The number of rotatable bonds is 7. The minimum atomic E-state index is -3.99. The van der Waals surface area contributed by atoms with Crippen molar-refractivity contribution >= 4 is 38.9 Å². The molecular weight excluding hydrogens is 458 g/mol. The van der Waals surface area contributed by atoms with Crippen LogP contribution in [0.15, 0.2) is 65.6 Å². The average molecular weight is 482 g/mol. The van der Waals surface area contributed by atoms with Crippen LogP contribution >= 0.6 is 0 Å². The molecule has 0 aromatic heterocycles. The lowest BCUT2D eigenvalue weighted by molar-refractivity contribution is -0.116. The topological polar surface area (TPSA) is 123 Å². The lowest BCUT2D eigenvalue weighted by atomic mass is 10.0. The SMILES string of the molecule is COc1ccc(NC(=O)c2ccccc2NS(=O)(=O)c2ccc3c(c2)CCC(=O)N3)c(OC)c1. The van der Waals surface area contributed by atoms with Crippen molar-refractivity contribution < 1.29 is 27.5 Å².